The Morgan fingerprint density at radius 3 is 1.36 bits per heavy atom. The second kappa shape index (κ2) is 17.4. The number of rotatable bonds is 12. The number of nitrogens with zero attached hydrogens (tertiary/aromatic N) is 6. The largest absolute Gasteiger partial charge is 0.505 e. The van der Waals surface area contributed by atoms with E-state index in [9.17, 15) is 70.0 Å². The van der Waals surface area contributed by atoms with Crippen LogP contribution in [0.4, 0.5) is 39.8 Å². The molecule has 7 N–H and O–H groups in total. The molecule has 0 unspecified atom stereocenters. The molecule has 0 heterocycles. The highest BCUT2D eigenvalue weighted by molar-refractivity contribution is 7.87. The number of phenols is 1. The Labute approximate surface area is 390 Å². The van der Waals surface area contributed by atoms with Crippen LogP contribution in [-0.2, 0) is 50.6 Å². The number of nitrogens with one attached hydrogen (secondary N) is 1. The van der Waals surface area contributed by atoms with Gasteiger partial charge in [-0.2, -0.15) is 47.2 Å². The molecule has 0 aliphatic heterocycles. The molecular weight excluding hydrogens is 1010 g/mol. The second-order valence-electron chi connectivity index (χ2n) is 14.7. The van der Waals surface area contributed by atoms with Crippen molar-refractivity contribution in [2.75, 3.05) is 12.4 Å². The molecule has 0 aliphatic rings. The third-order valence-corrected chi connectivity index (χ3v) is 14.7. The Morgan fingerprint density at radius 2 is 0.870 bits per heavy atom. The van der Waals surface area contributed by atoms with Gasteiger partial charge in [0.05, 0.1) is 38.2 Å². The summed E-state index contributed by atoms with van der Waals surface area (Å²) in [6.07, 6.45) is 0. The highest BCUT2D eigenvalue weighted by atomic mass is 32.2. The zero-order valence-electron chi connectivity index (χ0n) is 34.5. The molecule has 0 amide bonds. The average molecular weight is 1040 g/mol. The van der Waals surface area contributed by atoms with E-state index in [-0.39, 0.29) is 71.5 Å². The lowest BCUT2D eigenvalue weighted by Crippen LogP contribution is -2.03. The Kier molecular flexibility index (Phi) is 12.1. The monoisotopic (exact) mass is 1040 g/mol. The van der Waals surface area contributed by atoms with Gasteiger partial charge in [-0.15, -0.1) is 25.6 Å². The SMILES string of the molecule is CNc1ccc2c(O)c(N=Nc3ccc(N=Nc4ccc(N=Nc5cc(S(=O)(=O)O)c6cccc(S(=O)(=O)O)c6c5)c5ccc(S(=O)(=O)O)cc45)c4ccc(S(=O)(=O)O)cc34)c(S(=O)(=O)O)cc2c1. The molecule has 28 heteroatoms. The van der Waals surface area contributed by atoms with Gasteiger partial charge in [0.15, 0.2) is 5.75 Å². The van der Waals surface area contributed by atoms with Crippen molar-refractivity contribution in [3.63, 3.8) is 0 Å². The van der Waals surface area contributed by atoms with Gasteiger partial charge in [-0.05, 0) is 96.4 Å². The number of benzene rings is 8. The van der Waals surface area contributed by atoms with Crippen molar-refractivity contribution in [2.24, 2.45) is 30.7 Å². The van der Waals surface area contributed by atoms with E-state index in [1.54, 1.807) is 13.1 Å². The fourth-order valence-corrected chi connectivity index (χ4v) is 10.3. The van der Waals surface area contributed by atoms with E-state index >= 15 is 0 Å². The summed E-state index contributed by atoms with van der Waals surface area (Å²) >= 11 is 0. The van der Waals surface area contributed by atoms with Crippen LogP contribution >= 0.6 is 0 Å². The number of phenolic OH excluding ortho intramolecular Hbond substituents is 1. The molecule has 354 valence electrons. The maximum atomic E-state index is 12.5. The minimum Gasteiger partial charge on any atom is -0.505 e. The predicted molar refractivity (Wildman–Crippen MR) is 249 cm³/mol. The number of anilines is 1. The summed E-state index contributed by atoms with van der Waals surface area (Å²) in [6, 6.07) is 22.6. The quantitative estimate of drug-likeness (QED) is 0.0442. The van der Waals surface area contributed by atoms with E-state index in [0.29, 0.717) is 5.69 Å². The van der Waals surface area contributed by atoms with Gasteiger partial charge in [0.25, 0.3) is 50.6 Å². The van der Waals surface area contributed by atoms with Gasteiger partial charge in [-0.1, -0.05) is 24.3 Å². The van der Waals surface area contributed by atoms with Gasteiger partial charge in [0.2, 0.25) is 0 Å². The van der Waals surface area contributed by atoms with Crippen LogP contribution in [0.1, 0.15) is 0 Å². The number of fused-ring (bicyclic) bond motifs is 4. The zero-order chi connectivity index (χ0) is 50.0. The molecule has 23 nitrogen and oxygen atoms in total. The lowest BCUT2D eigenvalue weighted by molar-refractivity contribution is 0.472. The summed E-state index contributed by atoms with van der Waals surface area (Å²) in [6.45, 7) is 0. The number of aromatic hydroxyl groups is 1. The van der Waals surface area contributed by atoms with Crippen LogP contribution in [0.25, 0.3) is 43.1 Å². The van der Waals surface area contributed by atoms with Crippen molar-refractivity contribution in [1.82, 2.24) is 0 Å². The van der Waals surface area contributed by atoms with Crippen LogP contribution in [0.5, 0.6) is 5.75 Å². The van der Waals surface area contributed by atoms with E-state index in [1.165, 1.54) is 54.6 Å². The van der Waals surface area contributed by atoms with Crippen LogP contribution in [0.3, 0.4) is 0 Å². The average Bonchev–Trinajstić information content (AvgIpc) is 3.27. The third kappa shape index (κ3) is 9.74. The van der Waals surface area contributed by atoms with Crippen LogP contribution in [0.2, 0.25) is 0 Å². The second-order valence-corrected chi connectivity index (χ2v) is 21.7. The molecule has 0 saturated heterocycles. The molecule has 8 aromatic rings. The minimum absolute atomic E-state index is 0.00333. The molecule has 0 bridgehead atoms. The highest BCUT2D eigenvalue weighted by Gasteiger charge is 2.24. The molecule has 0 radical (unpaired) electrons. The number of hydrogen-bond donors (Lipinski definition) is 7. The van der Waals surface area contributed by atoms with E-state index in [4.69, 9.17) is 0 Å². The van der Waals surface area contributed by atoms with Gasteiger partial charge >= 0.3 is 0 Å². The highest BCUT2D eigenvalue weighted by Crippen LogP contribution is 2.44. The summed E-state index contributed by atoms with van der Waals surface area (Å²) in [4.78, 5) is -3.50. The van der Waals surface area contributed by atoms with Crippen molar-refractivity contribution in [2.45, 2.75) is 24.5 Å². The Bertz CT molecular complexity index is 4230. The molecule has 0 atom stereocenters. The number of hydrogen-bond acceptors (Lipinski definition) is 18. The Morgan fingerprint density at radius 1 is 0.391 bits per heavy atom. The van der Waals surface area contributed by atoms with Crippen molar-refractivity contribution >= 4 is 133 Å². The summed E-state index contributed by atoms with van der Waals surface area (Å²) < 4.78 is 173. The van der Waals surface area contributed by atoms with E-state index in [1.807, 2.05) is 0 Å². The van der Waals surface area contributed by atoms with Gasteiger partial charge in [0.1, 0.15) is 20.4 Å². The Balaban J connectivity index is 1.25. The van der Waals surface area contributed by atoms with Gasteiger partial charge in [0, 0.05) is 50.4 Å². The molecule has 0 saturated carbocycles. The molecule has 0 aliphatic carbocycles. The maximum Gasteiger partial charge on any atom is 0.296 e. The normalized spacial score (nSPS) is 13.2. The standard InChI is InChI=1S/C41H29N7O16S5/c1-42-22-5-8-26-21(15-22)16-39(69(62,63)64)40(41(26)49)48-47-36-14-12-34(28-10-7-25(20-31(28)36)66(53,54)55)45-46-35-13-11-33(27-9-6-24(19-30(27)35)65(50,51)52)44-43-23-17-32-29(38(18-23)68(59,60)61)3-2-4-37(32)67(56,57)58/h2-20,42,49H,1H3,(H,50,51,52)(H,53,54,55)(H,56,57,58)(H,59,60,61)(H,62,63,64). The maximum absolute atomic E-state index is 12.5. The van der Waals surface area contributed by atoms with Crippen molar-refractivity contribution in [1.29, 1.82) is 0 Å². The molecule has 8 aromatic carbocycles. The first kappa shape index (κ1) is 48.2. The van der Waals surface area contributed by atoms with E-state index < -0.39 is 86.5 Å². The first-order chi connectivity index (χ1) is 32.2. The fraction of sp³-hybridized carbons (Fsp3) is 0.0244. The van der Waals surface area contributed by atoms with Crippen LogP contribution in [0.15, 0.2) is 170 Å². The van der Waals surface area contributed by atoms with Gasteiger partial charge in [-0.25, -0.2) is 0 Å². The summed E-state index contributed by atoms with van der Waals surface area (Å²) in [7, 11) is -23.0. The molecular formula is C41H29N7O16S5. The molecule has 0 aromatic heterocycles. The lowest BCUT2D eigenvalue weighted by atomic mass is 10.1. The number of azo groups is 3. The van der Waals surface area contributed by atoms with Crippen LogP contribution in [-0.4, -0.2) is 77.0 Å². The van der Waals surface area contributed by atoms with E-state index in [2.05, 4.69) is 36.0 Å². The molecule has 0 fully saturated rings. The first-order valence-corrected chi connectivity index (χ1v) is 26.2. The van der Waals surface area contributed by atoms with Gasteiger partial charge in [-0.3, -0.25) is 22.8 Å². The lowest BCUT2D eigenvalue weighted by Gasteiger charge is -2.11. The third-order valence-electron chi connectivity index (χ3n) is 10.4. The fourth-order valence-electron chi connectivity index (χ4n) is 7.19. The smallest absolute Gasteiger partial charge is 0.296 e. The predicted octanol–water partition coefficient (Wildman–Crippen LogP) is 9.53. The molecule has 8 rings (SSSR count). The molecule has 69 heavy (non-hydrogen) atoms. The first-order valence-electron chi connectivity index (χ1n) is 19.0. The Hall–Kier alpha value is -7.25. The molecule has 0 spiro atoms. The van der Waals surface area contributed by atoms with Crippen LogP contribution < -0.4 is 5.32 Å². The zero-order valence-corrected chi connectivity index (χ0v) is 38.5. The van der Waals surface area contributed by atoms with E-state index in [0.717, 1.165) is 54.6 Å². The summed E-state index contributed by atoms with van der Waals surface area (Å²) in [5, 5.41) is 38.6. The van der Waals surface area contributed by atoms with Crippen molar-refractivity contribution in [3.8, 4) is 5.75 Å². The summed E-state index contributed by atoms with van der Waals surface area (Å²) in [5.41, 5.74) is -0.703. The van der Waals surface area contributed by atoms with Crippen molar-refractivity contribution < 1.29 is 70.0 Å². The summed E-state index contributed by atoms with van der Waals surface area (Å²) in [5.74, 6) is -0.675. The minimum atomic E-state index is -5.03. The van der Waals surface area contributed by atoms with Gasteiger partial charge < -0.3 is 10.4 Å². The van der Waals surface area contributed by atoms with Crippen LogP contribution in [0, 0.1) is 0 Å². The van der Waals surface area contributed by atoms with Crippen molar-refractivity contribution in [3.05, 3.63) is 115 Å². The topological polar surface area (TPSA) is 378 Å².